The zero-order valence-corrected chi connectivity index (χ0v) is 15.2. The number of hydrogen-bond donors (Lipinski definition) is 2. The van der Waals surface area contributed by atoms with Gasteiger partial charge in [0.1, 0.15) is 11.5 Å². The molecular formula is C20H20FN3OS. The van der Waals surface area contributed by atoms with E-state index in [0.717, 1.165) is 6.42 Å². The van der Waals surface area contributed by atoms with Crippen LogP contribution in [0.2, 0.25) is 0 Å². The lowest BCUT2D eigenvalue weighted by molar-refractivity contribution is 0.0944. The fourth-order valence-electron chi connectivity index (χ4n) is 2.91. The maximum absolute atomic E-state index is 13.2. The third kappa shape index (κ3) is 3.91. The average molecular weight is 369 g/mol. The monoisotopic (exact) mass is 369 g/mol. The molecule has 0 saturated carbocycles. The lowest BCUT2D eigenvalue weighted by Gasteiger charge is -2.16. The second kappa shape index (κ2) is 8.10. The van der Waals surface area contributed by atoms with Crippen molar-refractivity contribution in [1.29, 1.82) is 0 Å². The summed E-state index contributed by atoms with van der Waals surface area (Å²) in [7, 11) is 0. The number of rotatable bonds is 6. The molecule has 1 amide bonds. The van der Waals surface area contributed by atoms with Crippen molar-refractivity contribution in [2.24, 2.45) is 0 Å². The van der Waals surface area contributed by atoms with E-state index < -0.39 is 0 Å². The van der Waals surface area contributed by atoms with Gasteiger partial charge in [0.2, 0.25) is 0 Å². The van der Waals surface area contributed by atoms with Crippen molar-refractivity contribution in [3.63, 3.8) is 0 Å². The molecule has 1 atom stereocenters. The molecule has 1 aromatic heterocycles. The number of benzene rings is 2. The molecule has 0 saturated heterocycles. The highest BCUT2D eigenvalue weighted by atomic mass is 32.1. The van der Waals surface area contributed by atoms with Gasteiger partial charge in [-0.05, 0) is 48.5 Å². The third-order valence-electron chi connectivity index (χ3n) is 4.37. The Kier molecular flexibility index (Phi) is 5.63. The summed E-state index contributed by atoms with van der Waals surface area (Å²) < 4.78 is 15.2. The Balaban J connectivity index is 1.79. The van der Waals surface area contributed by atoms with Crippen LogP contribution in [0.3, 0.4) is 0 Å². The minimum Gasteiger partial charge on any atom is -0.350 e. The van der Waals surface area contributed by atoms with Crippen molar-refractivity contribution in [3.8, 4) is 5.69 Å². The Hall–Kier alpha value is -2.73. The van der Waals surface area contributed by atoms with Crippen LogP contribution in [0.5, 0.6) is 0 Å². The second-order valence-corrected chi connectivity index (χ2v) is 6.40. The van der Waals surface area contributed by atoms with Crippen molar-refractivity contribution in [3.05, 3.63) is 82.6 Å². The van der Waals surface area contributed by atoms with E-state index in [-0.39, 0.29) is 17.6 Å². The number of halogens is 1. The summed E-state index contributed by atoms with van der Waals surface area (Å²) in [5.41, 5.74) is 2.22. The van der Waals surface area contributed by atoms with Gasteiger partial charge in [-0.25, -0.2) is 4.39 Å². The summed E-state index contributed by atoms with van der Waals surface area (Å²) in [6, 6.07) is 16.0. The molecule has 3 aromatic rings. The molecule has 6 heteroatoms. The molecule has 0 radical (unpaired) electrons. The summed E-state index contributed by atoms with van der Waals surface area (Å²) in [5, 5.41) is 2.98. The fraction of sp³-hybridized carbons (Fsp3) is 0.200. The lowest BCUT2D eigenvalue weighted by atomic mass is 9.96. The van der Waals surface area contributed by atoms with Gasteiger partial charge >= 0.3 is 0 Å². The minimum absolute atomic E-state index is 0.226. The summed E-state index contributed by atoms with van der Waals surface area (Å²) >= 11 is 5.28. The van der Waals surface area contributed by atoms with Gasteiger partial charge in [0.05, 0.1) is 0 Å². The normalized spacial score (nSPS) is 11.9. The van der Waals surface area contributed by atoms with Crippen molar-refractivity contribution in [1.82, 2.24) is 14.9 Å². The largest absolute Gasteiger partial charge is 0.350 e. The van der Waals surface area contributed by atoms with Crippen molar-refractivity contribution < 1.29 is 9.18 Å². The van der Waals surface area contributed by atoms with E-state index in [1.54, 1.807) is 22.9 Å². The number of carbonyl (C=O) groups is 1. The number of H-pyrrole nitrogens is 1. The van der Waals surface area contributed by atoms with Crippen LogP contribution in [0.25, 0.3) is 5.69 Å². The van der Waals surface area contributed by atoms with E-state index in [0.29, 0.717) is 22.7 Å². The second-order valence-electron chi connectivity index (χ2n) is 6.02. The highest BCUT2D eigenvalue weighted by molar-refractivity contribution is 7.71. The number of imidazole rings is 1. The molecule has 3 rings (SSSR count). The van der Waals surface area contributed by atoms with Crippen LogP contribution in [-0.2, 0) is 0 Å². The van der Waals surface area contributed by atoms with E-state index in [1.807, 2.05) is 18.2 Å². The quantitative estimate of drug-likeness (QED) is 0.624. The predicted molar refractivity (Wildman–Crippen MR) is 103 cm³/mol. The first-order chi connectivity index (χ1) is 12.6. The van der Waals surface area contributed by atoms with E-state index >= 15 is 0 Å². The first-order valence-electron chi connectivity index (χ1n) is 8.49. The standard InChI is InChI=1S/C20H20FN3OS/c1-2-14(15-6-4-3-5-7-15)12-22-19(25)18-13-23-20(26)24(18)17-10-8-16(21)9-11-17/h3-11,13-14H,2,12H2,1H3,(H,22,25)(H,23,26). The van der Waals surface area contributed by atoms with Gasteiger partial charge in [-0.1, -0.05) is 37.3 Å². The van der Waals surface area contributed by atoms with Crippen molar-refractivity contribution in [2.45, 2.75) is 19.3 Å². The van der Waals surface area contributed by atoms with E-state index in [4.69, 9.17) is 12.2 Å². The minimum atomic E-state index is -0.338. The molecule has 1 unspecified atom stereocenters. The maximum atomic E-state index is 13.2. The highest BCUT2D eigenvalue weighted by Gasteiger charge is 2.16. The lowest BCUT2D eigenvalue weighted by Crippen LogP contribution is -2.29. The number of aromatic amines is 1. The Morgan fingerprint density at radius 3 is 2.54 bits per heavy atom. The Morgan fingerprint density at radius 1 is 1.19 bits per heavy atom. The molecule has 0 fully saturated rings. The number of amides is 1. The first kappa shape index (κ1) is 18.1. The van der Waals surface area contributed by atoms with Gasteiger partial charge in [0.15, 0.2) is 4.77 Å². The van der Waals surface area contributed by atoms with Gasteiger partial charge in [-0.15, -0.1) is 0 Å². The van der Waals surface area contributed by atoms with Crippen molar-refractivity contribution >= 4 is 18.1 Å². The van der Waals surface area contributed by atoms with Crippen molar-refractivity contribution in [2.75, 3.05) is 6.54 Å². The summed E-state index contributed by atoms with van der Waals surface area (Å²) in [5.74, 6) is -0.326. The van der Waals surface area contributed by atoms with E-state index in [2.05, 4.69) is 29.4 Å². The third-order valence-corrected chi connectivity index (χ3v) is 4.67. The molecule has 0 aliphatic rings. The highest BCUT2D eigenvalue weighted by Crippen LogP contribution is 2.19. The predicted octanol–water partition coefficient (Wildman–Crippen LogP) is 4.60. The van der Waals surface area contributed by atoms with Crippen LogP contribution in [0.1, 0.15) is 35.3 Å². The van der Waals surface area contributed by atoms with Gasteiger partial charge in [-0.3, -0.25) is 9.36 Å². The number of aromatic nitrogens is 2. The van der Waals surface area contributed by atoms with Crippen LogP contribution < -0.4 is 5.32 Å². The molecule has 0 aliphatic heterocycles. The van der Waals surface area contributed by atoms with Gasteiger partial charge in [0, 0.05) is 24.3 Å². The topological polar surface area (TPSA) is 49.8 Å². The summed E-state index contributed by atoms with van der Waals surface area (Å²) in [6.07, 6.45) is 2.49. The van der Waals surface area contributed by atoms with E-state index in [1.165, 1.54) is 17.7 Å². The van der Waals surface area contributed by atoms with Crippen LogP contribution in [0.4, 0.5) is 4.39 Å². The molecule has 0 aliphatic carbocycles. The Bertz CT molecular complexity index is 932. The van der Waals surface area contributed by atoms with Gasteiger partial charge < -0.3 is 10.3 Å². The average Bonchev–Trinajstić information content (AvgIpc) is 3.05. The Labute approximate surface area is 156 Å². The molecular weight excluding hydrogens is 349 g/mol. The fourth-order valence-corrected chi connectivity index (χ4v) is 3.17. The van der Waals surface area contributed by atoms with Crippen LogP contribution in [-0.4, -0.2) is 22.0 Å². The summed E-state index contributed by atoms with van der Waals surface area (Å²) in [4.78, 5) is 15.6. The van der Waals surface area contributed by atoms with Crippen LogP contribution in [0, 0.1) is 10.6 Å². The molecule has 4 nitrogen and oxygen atoms in total. The number of nitrogens with one attached hydrogen (secondary N) is 2. The smallest absolute Gasteiger partial charge is 0.269 e. The van der Waals surface area contributed by atoms with Gasteiger partial charge in [0.25, 0.3) is 5.91 Å². The zero-order chi connectivity index (χ0) is 18.5. The number of carbonyl (C=O) groups excluding carboxylic acids is 1. The molecule has 0 bridgehead atoms. The SMILES string of the molecule is CCC(CNC(=O)c1c[nH]c(=S)n1-c1ccc(F)cc1)c1ccccc1. The van der Waals surface area contributed by atoms with Crippen LogP contribution in [0.15, 0.2) is 60.8 Å². The van der Waals surface area contributed by atoms with E-state index in [9.17, 15) is 9.18 Å². The zero-order valence-electron chi connectivity index (χ0n) is 14.4. The maximum Gasteiger partial charge on any atom is 0.269 e. The molecule has 2 N–H and O–H groups in total. The van der Waals surface area contributed by atoms with Crippen LogP contribution >= 0.6 is 12.2 Å². The van der Waals surface area contributed by atoms with Gasteiger partial charge in [-0.2, -0.15) is 0 Å². The Morgan fingerprint density at radius 2 is 1.88 bits per heavy atom. The molecule has 26 heavy (non-hydrogen) atoms. The molecule has 1 heterocycles. The molecule has 0 spiro atoms. The summed E-state index contributed by atoms with van der Waals surface area (Å²) in [6.45, 7) is 2.63. The number of hydrogen-bond acceptors (Lipinski definition) is 2. The first-order valence-corrected chi connectivity index (χ1v) is 8.90. The number of nitrogens with zero attached hydrogens (tertiary/aromatic N) is 1. The molecule has 134 valence electrons. The molecule has 2 aromatic carbocycles.